The second-order valence-corrected chi connectivity index (χ2v) is 8.27. The van der Waals surface area contributed by atoms with Crippen molar-refractivity contribution in [3.8, 4) is 5.75 Å². The zero-order chi connectivity index (χ0) is 20.8. The van der Waals surface area contributed by atoms with Gasteiger partial charge in [-0.1, -0.05) is 13.8 Å². The van der Waals surface area contributed by atoms with Gasteiger partial charge >= 0.3 is 0 Å². The first kappa shape index (κ1) is 21.6. The van der Waals surface area contributed by atoms with E-state index in [9.17, 15) is 4.79 Å². The number of carbonyl (C=O) groups excluding carboxylic acids is 1. The van der Waals surface area contributed by atoms with Crippen molar-refractivity contribution in [1.29, 1.82) is 0 Å². The van der Waals surface area contributed by atoms with Gasteiger partial charge in [0.25, 0.3) is 6.01 Å². The number of fused-ring (bicyclic) bond motifs is 1. The molecule has 2 atom stereocenters. The molecule has 3 rings (SSSR count). The summed E-state index contributed by atoms with van der Waals surface area (Å²) < 4.78 is 17.7. The molecule has 0 radical (unpaired) electrons. The Morgan fingerprint density at radius 1 is 1.28 bits per heavy atom. The molecule has 6 nitrogen and oxygen atoms in total. The molecule has 1 fully saturated rings. The number of benzene rings is 1. The summed E-state index contributed by atoms with van der Waals surface area (Å²) in [6.45, 7) is 11.2. The molecule has 0 bridgehead atoms. The van der Waals surface area contributed by atoms with Gasteiger partial charge in [-0.05, 0) is 57.1 Å². The highest BCUT2D eigenvalue weighted by molar-refractivity contribution is 5.76. The summed E-state index contributed by atoms with van der Waals surface area (Å²) >= 11 is 0. The Kier molecular flexibility index (Phi) is 7.53. The summed E-state index contributed by atoms with van der Waals surface area (Å²) in [6, 6.07) is 6.45. The Morgan fingerprint density at radius 2 is 2.03 bits per heavy atom. The smallest absolute Gasteiger partial charge is 0.298 e. The monoisotopic (exact) mass is 402 g/mol. The van der Waals surface area contributed by atoms with Gasteiger partial charge in [-0.15, -0.1) is 0 Å². The highest BCUT2D eigenvalue weighted by Crippen LogP contribution is 2.28. The molecule has 2 unspecified atom stereocenters. The normalized spacial score (nSPS) is 17.4. The molecular formula is C23H34N2O4. The Labute approximate surface area is 173 Å². The molecule has 1 aliphatic rings. The third-order valence-electron chi connectivity index (χ3n) is 5.89. The lowest BCUT2D eigenvalue weighted by Gasteiger charge is -2.32. The van der Waals surface area contributed by atoms with E-state index in [-0.39, 0.29) is 11.9 Å². The van der Waals surface area contributed by atoms with E-state index >= 15 is 0 Å². The highest BCUT2D eigenvalue weighted by Gasteiger charge is 2.24. The summed E-state index contributed by atoms with van der Waals surface area (Å²) in [7, 11) is 0. The second kappa shape index (κ2) is 10.1. The van der Waals surface area contributed by atoms with Crippen molar-refractivity contribution in [3.63, 3.8) is 0 Å². The predicted octanol–water partition coefficient (Wildman–Crippen LogP) is 4.85. The van der Waals surface area contributed by atoms with Gasteiger partial charge in [0.2, 0.25) is 0 Å². The second-order valence-electron chi connectivity index (χ2n) is 8.27. The quantitative estimate of drug-likeness (QED) is 0.566. The summed E-state index contributed by atoms with van der Waals surface area (Å²) in [6.07, 6.45) is 3.83. The van der Waals surface area contributed by atoms with Crippen LogP contribution in [0.15, 0.2) is 22.6 Å². The minimum absolute atomic E-state index is 0.269. The van der Waals surface area contributed by atoms with Crippen LogP contribution in [0.2, 0.25) is 0 Å². The van der Waals surface area contributed by atoms with Crippen molar-refractivity contribution in [2.24, 2.45) is 11.8 Å². The molecule has 1 aromatic carbocycles. The van der Waals surface area contributed by atoms with Crippen molar-refractivity contribution in [2.75, 3.05) is 31.2 Å². The van der Waals surface area contributed by atoms with Gasteiger partial charge in [0.05, 0.1) is 12.7 Å². The van der Waals surface area contributed by atoms with Crippen LogP contribution in [0.4, 0.5) is 6.01 Å². The number of carbonyl (C=O) groups is 1. The van der Waals surface area contributed by atoms with Crippen LogP contribution in [0.5, 0.6) is 5.75 Å². The molecule has 0 saturated carbocycles. The zero-order valence-electron chi connectivity index (χ0n) is 18.1. The summed E-state index contributed by atoms with van der Waals surface area (Å²) in [5.74, 6) is 2.04. The fourth-order valence-electron chi connectivity index (χ4n) is 3.67. The fraction of sp³-hybridized carbons (Fsp3) is 0.652. The molecule has 1 aliphatic heterocycles. The third-order valence-corrected chi connectivity index (χ3v) is 5.89. The van der Waals surface area contributed by atoms with Crippen LogP contribution in [0.25, 0.3) is 11.1 Å². The Balaban J connectivity index is 1.46. The van der Waals surface area contributed by atoms with Crippen LogP contribution in [-0.4, -0.2) is 43.2 Å². The molecule has 0 amide bonds. The number of ether oxygens (including phenoxy) is 2. The van der Waals surface area contributed by atoms with E-state index in [1.807, 2.05) is 25.1 Å². The number of hydrogen-bond acceptors (Lipinski definition) is 6. The molecule has 2 heterocycles. The van der Waals surface area contributed by atoms with E-state index in [0.29, 0.717) is 30.9 Å². The summed E-state index contributed by atoms with van der Waals surface area (Å²) in [5.41, 5.74) is 1.62. The first-order valence-electron chi connectivity index (χ1n) is 10.9. The molecule has 0 spiro atoms. The number of Topliss-reactive ketones (excluding diaryl/α,β-unsaturated/α-hetero) is 1. The predicted molar refractivity (Wildman–Crippen MR) is 115 cm³/mol. The third kappa shape index (κ3) is 5.95. The summed E-state index contributed by atoms with van der Waals surface area (Å²) in [5, 5.41) is 0. The van der Waals surface area contributed by atoms with Gasteiger partial charge in [-0.3, -0.25) is 0 Å². The summed E-state index contributed by atoms with van der Waals surface area (Å²) in [4.78, 5) is 18.0. The zero-order valence-corrected chi connectivity index (χ0v) is 18.1. The molecule has 0 aliphatic carbocycles. The first-order chi connectivity index (χ1) is 14.0. The van der Waals surface area contributed by atoms with Crippen molar-refractivity contribution in [3.05, 3.63) is 18.2 Å². The topological polar surface area (TPSA) is 64.8 Å². The Bertz CT molecular complexity index is 795. The van der Waals surface area contributed by atoms with Crippen molar-refractivity contribution >= 4 is 22.9 Å². The van der Waals surface area contributed by atoms with E-state index < -0.39 is 0 Å². The largest absolute Gasteiger partial charge is 0.494 e. The van der Waals surface area contributed by atoms with E-state index in [1.165, 1.54) is 0 Å². The lowest BCUT2D eigenvalue weighted by Crippen LogP contribution is -2.38. The van der Waals surface area contributed by atoms with Crippen molar-refractivity contribution in [2.45, 2.75) is 59.5 Å². The van der Waals surface area contributed by atoms with Gasteiger partial charge < -0.3 is 23.6 Å². The van der Waals surface area contributed by atoms with Crippen LogP contribution in [0.3, 0.4) is 0 Å². The molecular weight excluding hydrogens is 368 g/mol. The fourth-order valence-corrected chi connectivity index (χ4v) is 3.67. The van der Waals surface area contributed by atoms with Gasteiger partial charge in [-0.2, -0.15) is 4.98 Å². The van der Waals surface area contributed by atoms with Gasteiger partial charge in [0, 0.05) is 32.2 Å². The minimum atomic E-state index is 0.269. The number of ketones is 1. The number of hydrogen-bond donors (Lipinski definition) is 0. The Hall–Kier alpha value is -2.08. The number of oxazole rings is 1. The molecule has 6 heteroatoms. The first-order valence-corrected chi connectivity index (χ1v) is 10.9. The average molecular weight is 403 g/mol. The van der Waals surface area contributed by atoms with Crippen LogP contribution in [-0.2, 0) is 9.53 Å². The van der Waals surface area contributed by atoms with Crippen LogP contribution < -0.4 is 9.64 Å². The molecule has 1 aromatic heterocycles. The SMILES string of the molecule is CCOc1ccc2nc(N3CCC(OCC(C)C(C)CCC(C)=O)CC3)oc2c1. The maximum Gasteiger partial charge on any atom is 0.298 e. The number of anilines is 1. The van der Waals surface area contributed by atoms with Crippen LogP contribution in [0.1, 0.15) is 53.4 Å². The van der Waals surface area contributed by atoms with E-state index in [1.54, 1.807) is 6.92 Å². The molecule has 29 heavy (non-hydrogen) atoms. The minimum Gasteiger partial charge on any atom is -0.494 e. The van der Waals surface area contributed by atoms with Crippen molar-refractivity contribution in [1.82, 2.24) is 4.98 Å². The number of nitrogens with zero attached hydrogens (tertiary/aromatic N) is 2. The van der Waals surface area contributed by atoms with Crippen LogP contribution >= 0.6 is 0 Å². The van der Waals surface area contributed by atoms with E-state index in [2.05, 4.69) is 23.7 Å². The van der Waals surface area contributed by atoms with Crippen molar-refractivity contribution < 1.29 is 18.7 Å². The van der Waals surface area contributed by atoms with Gasteiger partial charge in [-0.25, -0.2) is 0 Å². The number of rotatable bonds is 10. The maximum absolute atomic E-state index is 11.2. The van der Waals surface area contributed by atoms with E-state index in [4.69, 9.17) is 13.9 Å². The standard InChI is InChI=1S/C23H34N2O4/c1-5-27-20-8-9-21-22(14-20)29-23(24-21)25-12-10-19(11-13-25)28-15-17(3)16(2)6-7-18(4)26/h8-9,14,16-17,19H,5-7,10-13,15H2,1-4H3. The molecule has 0 N–H and O–H groups in total. The molecule has 1 saturated heterocycles. The maximum atomic E-state index is 11.2. The van der Waals surface area contributed by atoms with Crippen LogP contribution in [0, 0.1) is 11.8 Å². The number of aromatic nitrogens is 1. The van der Waals surface area contributed by atoms with Gasteiger partial charge in [0.15, 0.2) is 5.58 Å². The van der Waals surface area contributed by atoms with Gasteiger partial charge in [0.1, 0.15) is 17.0 Å². The lowest BCUT2D eigenvalue weighted by atomic mass is 9.91. The molecule has 2 aromatic rings. The number of piperidine rings is 1. The van der Waals surface area contributed by atoms with E-state index in [0.717, 1.165) is 55.8 Å². The molecule has 160 valence electrons. The average Bonchev–Trinajstić information content (AvgIpc) is 3.14. The lowest BCUT2D eigenvalue weighted by molar-refractivity contribution is -0.117. The Morgan fingerprint density at radius 3 is 2.72 bits per heavy atom. The highest BCUT2D eigenvalue weighted by atomic mass is 16.5.